The molecule has 0 saturated carbocycles. The zero-order valence-electron chi connectivity index (χ0n) is 10.6. The van der Waals surface area contributed by atoms with E-state index in [2.05, 4.69) is 10.6 Å². The van der Waals surface area contributed by atoms with Crippen LogP contribution >= 0.6 is 24.0 Å². The van der Waals surface area contributed by atoms with Crippen molar-refractivity contribution in [2.75, 3.05) is 19.6 Å². The maximum atomic E-state index is 11.9. The number of amides is 1. The first kappa shape index (κ1) is 16.2. The maximum Gasteiger partial charge on any atom is 0.251 e. The Morgan fingerprint density at radius 2 is 2.26 bits per heavy atom. The number of aryl methyl sites for hydroxylation is 1. The third-order valence-electron chi connectivity index (χ3n) is 3.26. The molecule has 0 spiro atoms. The predicted molar refractivity (Wildman–Crippen MR) is 78.1 cm³/mol. The highest BCUT2D eigenvalue weighted by Crippen LogP contribution is 2.16. The van der Waals surface area contributed by atoms with E-state index >= 15 is 0 Å². The van der Waals surface area contributed by atoms with Gasteiger partial charge in [0.05, 0.1) is 6.10 Å². The van der Waals surface area contributed by atoms with Crippen molar-refractivity contribution < 1.29 is 9.90 Å². The zero-order chi connectivity index (χ0) is 13.1. The number of carbonyl (C=O) groups excluding carboxylic acids is 1. The summed E-state index contributed by atoms with van der Waals surface area (Å²) in [7, 11) is 0. The van der Waals surface area contributed by atoms with E-state index in [1.54, 1.807) is 12.1 Å². The number of hydrogen-bond acceptors (Lipinski definition) is 3. The molecule has 0 aliphatic carbocycles. The monoisotopic (exact) mass is 304 g/mol. The van der Waals surface area contributed by atoms with Crippen LogP contribution in [0.25, 0.3) is 0 Å². The lowest BCUT2D eigenvalue weighted by Gasteiger charge is -2.14. The third-order valence-corrected chi connectivity index (χ3v) is 3.67. The molecule has 2 atom stereocenters. The smallest absolute Gasteiger partial charge is 0.251 e. The van der Waals surface area contributed by atoms with Gasteiger partial charge in [0.25, 0.3) is 5.91 Å². The van der Waals surface area contributed by atoms with Crippen LogP contribution in [0.5, 0.6) is 0 Å². The molecule has 3 N–H and O–H groups in total. The molecule has 1 aromatic carbocycles. The van der Waals surface area contributed by atoms with Gasteiger partial charge in [-0.1, -0.05) is 17.7 Å². The van der Waals surface area contributed by atoms with Crippen LogP contribution in [0, 0.1) is 12.8 Å². The van der Waals surface area contributed by atoms with E-state index in [0.29, 0.717) is 23.7 Å². The van der Waals surface area contributed by atoms with Crippen LogP contribution in [0.4, 0.5) is 0 Å². The van der Waals surface area contributed by atoms with Crippen LogP contribution in [-0.2, 0) is 0 Å². The molecule has 0 aromatic heterocycles. The molecule has 6 heteroatoms. The molecule has 1 amide bonds. The quantitative estimate of drug-likeness (QED) is 0.791. The Morgan fingerprint density at radius 1 is 1.53 bits per heavy atom. The molecular weight excluding hydrogens is 287 g/mol. The molecule has 4 nitrogen and oxygen atoms in total. The number of benzene rings is 1. The minimum atomic E-state index is -0.382. The van der Waals surface area contributed by atoms with Gasteiger partial charge in [0.1, 0.15) is 0 Å². The fourth-order valence-corrected chi connectivity index (χ4v) is 2.17. The molecule has 1 saturated heterocycles. The number of halogens is 2. The molecule has 1 fully saturated rings. The topological polar surface area (TPSA) is 61.4 Å². The second-order valence-electron chi connectivity index (χ2n) is 4.66. The lowest BCUT2D eigenvalue weighted by Crippen LogP contribution is -2.34. The Morgan fingerprint density at radius 3 is 2.84 bits per heavy atom. The van der Waals surface area contributed by atoms with E-state index in [0.717, 1.165) is 12.1 Å². The average Bonchev–Trinajstić information content (AvgIpc) is 2.75. The molecule has 0 radical (unpaired) electrons. The van der Waals surface area contributed by atoms with Gasteiger partial charge in [-0.2, -0.15) is 0 Å². The van der Waals surface area contributed by atoms with Gasteiger partial charge in [0.2, 0.25) is 0 Å². The summed E-state index contributed by atoms with van der Waals surface area (Å²) in [6.45, 7) is 3.69. The summed E-state index contributed by atoms with van der Waals surface area (Å²) in [4.78, 5) is 11.9. The Hall–Kier alpha value is -0.810. The van der Waals surface area contributed by atoms with Crippen molar-refractivity contribution in [3.63, 3.8) is 0 Å². The summed E-state index contributed by atoms with van der Waals surface area (Å²) in [6, 6.07) is 5.23. The first-order valence-electron chi connectivity index (χ1n) is 6.01. The number of rotatable bonds is 3. The Bertz CT molecular complexity index is 454. The Labute approximate surface area is 123 Å². The van der Waals surface area contributed by atoms with Crippen molar-refractivity contribution in [2.24, 2.45) is 5.92 Å². The number of β-amino-alcohol motifs (C(OH)–C–C–N with tert-alkyl or cyclic N) is 1. The van der Waals surface area contributed by atoms with Crippen LogP contribution in [0.15, 0.2) is 18.2 Å². The molecule has 1 aliphatic rings. The van der Waals surface area contributed by atoms with Crippen molar-refractivity contribution in [2.45, 2.75) is 13.0 Å². The van der Waals surface area contributed by atoms with E-state index in [1.807, 2.05) is 13.0 Å². The summed E-state index contributed by atoms with van der Waals surface area (Å²) in [5.41, 5.74) is 1.50. The summed E-state index contributed by atoms with van der Waals surface area (Å²) in [6.07, 6.45) is -0.382. The second-order valence-corrected chi connectivity index (χ2v) is 5.07. The molecule has 19 heavy (non-hydrogen) atoms. The number of hydrogen-bond donors (Lipinski definition) is 3. The van der Waals surface area contributed by atoms with Crippen molar-refractivity contribution in [3.05, 3.63) is 34.3 Å². The van der Waals surface area contributed by atoms with Gasteiger partial charge < -0.3 is 15.7 Å². The van der Waals surface area contributed by atoms with E-state index < -0.39 is 0 Å². The first-order chi connectivity index (χ1) is 8.58. The number of aliphatic hydroxyl groups is 1. The SMILES string of the molecule is Cc1ccc(C(=O)NCC2CNCC2O)cc1Cl.Cl. The van der Waals surface area contributed by atoms with Crippen molar-refractivity contribution >= 4 is 29.9 Å². The van der Waals surface area contributed by atoms with Crippen LogP contribution in [0.1, 0.15) is 15.9 Å². The van der Waals surface area contributed by atoms with Gasteiger partial charge in [-0.3, -0.25) is 4.79 Å². The second kappa shape index (κ2) is 7.10. The highest BCUT2D eigenvalue weighted by Gasteiger charge is 2.25. The summed E-state index contributed by atoms with van der Waals surface area (Å²) in [5.74, 6) is -0.0779. The Balaban J connectivity index is 0.00000180. The summed E-state index contributed by atoms with van der Waals surface area (Å²) < 4.78 is 0. The minimum Gasteiger partial charge on any atom is -0.391 e. The predicted octanol–water partition coefficient (Wildman–Crippen LogP) is 1.38. The van der Waals surface area contributed by atoms with Gasteiger partial charge in [-0.25, -0.2) is 0 Å². The lowest BCUT2D eigenvalue weighted by molar-refractivity contribution is 0.0927. The number of nitrogens with one attached hydrogen (secondary N) is 2. The maximum absolute atomic E-state index is 11.9. The molecule has 0 bridgehead atoms. The van der Waals surface area contributed by atoms with E-state index in [1.165, 1.54) is 0 Å². The average molecular weight is 305 g/mol. The highest BCUT2D eigenvalue weighted by atomic mass is 35.5. The highest BCUT2D eigenvalue weighted by molar-refractivity contribution is 6.31. The minimum absolute atomic E-state index is 0. The molecule has 2 rings (SSSR count). The molecule has 1 heterocycles. The van der Waals surface area contributed by atoms with Gasteiger partial charge in [-0.15, -0.1) is 12.4 Å². The van der Waals surface area contributed by atoms with Crippen molar-refractivity contribution in [1.82, 2.24) is 10.6 Å². The standard InChI is InChI=1S/C13H17ClN2O2.ClH/c1-8-2-3-9(4-11(8)14)13(18)16-6-10-5-15-7-12(10)17;/h2-4,10,12,15,17H,5-7H2,1H3,(H,16,18);1H. The molecular formula is C13H18Cl2N2O2. The van der Waals surface area contributed by atoms with E-state index in [9.17, 15) is 9.90 Å². The third kappa shape index (κ3) is 4.08. The van der Waals surface area contributed by atoms with Gasteiger partial charge >= 0.3 is 0 Å². The molecule has 2 unspecified atom stereocenters. The summed E-state index contributed by atoms with van der Waals surface area (Å²) in [5, 5.41) is 16.1. The van der Waals surface area contributed by atoms with Gasteiger partial charge in [0, 0.05) is 36.1 Å². The normalized spacial score (nSPS) is 21.8. The van der Waals surface area contributed by atoms with Crippen LogP contribution in [0.3, 0.4) is 0 Å². The molecule has 106 valence electrons. The molecule has 1 aromatic rings. The summed E-state index contributed by atoms with van der Waals surface area (Å²) >= 11 is 5.98. The lowest BCUT2D eigenvalue weighted by atomic mass is 10.1. The van der Waals surface area contributed by atoms with Gasteiger partial charge in [0.15, 0.2) is 0 Å². The van der Waals surface area contributed by atoms with Crippen molar-refractivity contribution in [1.29, 1.82) is 0 Å². The number of carbonyl (C=O) groups is 1. The van der Waals surface area contributed by atoms with Crippen LogP contribution < -0.4 is 10.6 Å². The molecule has 1 aliphatic heterocycles. The van der Waals surface area contributed by atoms with E-state index in [4.69, 9.17) is 11.6 Å². The largest absolute Gasteiger partial charge is 0.391 e. The van der Waals surface area contributed by atoms with Crippen LogP contribution in [0.2, 0.25) is 5.02 Å². The fourth-order valence-electron chi connectivity index (χ4n) is 1.99. The fraction of sp³-hybridized carbons (Fsp3) is 0.462. The van der Waals surface area contributed by atoms with Gasteiger partial charge in [-0.05, 0) is 24.6 Å². The number of aliphatic hydroxyl groups excluding tert-OH is 1. The van der Waals surface area contributed by atoms with Crippen LogP contribution in [-0.4, -0.2) is 36.8 Å². The first-order valence-corrected chi connectivity index (χ1v) is 6.39. The van der Waals surface area contributed by atoms with E-state index in [-0.39, 0.29) is 30.3 Å². The Kier molecular flexibility index (Phi) is 6.07. The zero-order valence-corrected chi connectivity index (χ0v) is 12.2. The van der Waals surface area contributed by atoms with Crippen molar-refractivity contribution in [3.8, 4) is 0 Å².